The van der Waals surface area contributed by atoms with Gasteiger partial charge in [-0.2, -0.15) is 0 Å². The minimum atomic E-state index is -0.761. The van der Waals surface area contributed by atoms with E-state index in [0.29, 0.717) is 12.8 Å². The molecule has 0 aromatic carbocycles. The average Bonchev–Trinajstić information content (AvgIpc) is 2.83. The maximum Gasteiger partial charge on any atom is 0.306 e. The normalized spacial score (nSPS) is 12.3. The number of hydrogen-bond donors (Lipinski definition) is 1. The summed E-state index contributed by atoms with van der Waals surface area (Å²) in [7, 11) is 0. The second-order valence-electron chi connectivity index (χ2n) is 11.5. The van der Waals surface area contributed by atoms with Crippen molar-refractivity contribution in [2.45, 2.75) is 162 Å². The predicted molar refractivity (Wildman–Crippen MR) is 150 cm³/mol. The third-order valence-electron chi connectivity index (χ3n) is 6.76. The maximum atomic E-state index is 12.0. The summed E-state index contributed by atoms with van der Waals surface area (Å²) in [5, 5.41) is 9.45. The van der Waals surface area contributed by atoms with Crippen molar-refractivity contribution < 1.29 is 24.2 Å². The number of carbonyl (C=O) groups excluding carboxylic acids is 2. The molecule has 0 saturated carbocycles. The summed E-state index contributed by atoms with van der Waals surface area (Å²) >= 11 is 0. The van der Waals surface area contributed by atoms with E-state index in [1.54, 1.807) is 0 Å². The zero-order chi connectivity index (χ0) is 26.9. The fourth-order valence-electron chi connectivity index (χ4n) is 4.39. The zero-order valence-electron chi connectivity index (χ0n) is 24.4. The Kier molecular flexibility index (Phi) is 24.8. The number of aliphatic hydroxyl groups excluding tert-OH is 1. The van der Waals surface area contributed by atoms with Gasteiger partial charge in [0.15, 0.2) is 6.10 Å². The van der Waals surface area contributed by atoms with Gasteiger partial charge in [-0.1, -0.05) is 130 Å². The molecule has 1 N–H and O–H groups in total. The molecule has 5 heteroatoms. The van der Waals surface area contributed by atoms with Gasteiger partial charge in [0.2, 0.25) is 0 Å². The third kappa shape index (κ3) is 26.0. The first-order chi connectivity index (χ1) is 17.3. The van der Waals surface area contributed by atoms with E-state index in [0.717, 1.165) is 50.4 Å². The van der Waals surface area contributed by atoms with Crippen LogP contribution in [-0.2, 0) is 19.1 Å². The van der Waals surface area contributed by atoms with Crippen molar-refractivity contribution in [3.8, 4) is 0 Å². The number of esters is 2. The molecule has 0 spiro atoms. The van der Waals surface area contributed by atoms with Crippen LogP contribution >= 0.6 is 0 Å². The number of rotatable bonds is 26. The molecular weight excluding hydrogens is 452 g/mol. The van der Waals surface area contributed by atoms with E-state index in [-0.39, 0.29) is 25.2 Å². The van der Waals surface area contributed by atoms with Crippen molar-refractivity contribution in [2.24, 2.45) is 11.8 Å². The largest absolute Gasteiger partial charge is 0.462 e. The molecule has 0 radical (unpaired) electrons. The molecule has 0 aliphatic carbocycles. The molecule has 0 amide bonds. The molecule has 1 atom stereocenters. The Balaban J connectivity index is 3.59. The lowest BCUT2D eigenvalue weighted by Gasteiger charge is -2.15. The molecule has 0 aliphatic heterocycles. The van der Waals surface area contributed by atoms with Crippen LogP contribution in [0.1, 0.15) is 156 Å². The van der Waals surface area contributed by atoms with Crippen LogP contribution in [0, 0.1) is 11.8 Å². The van der Waals surface area contributed by atoms with Gasteiger partial charge in [0.1, 0.15) is 6.61 Å². The molecule has 0 saturated heterocycles. The SMILES string of the molecule is CC(C)CCCCCCCCCCCC(=O)OC[C@H](CO)OC(=O)CCCCCCCCCC(C)C. The smallest absolute Gasteiger partial charge is 0.306 e. The summed E-state index contributed by atoms with van der Waals surface area (Å²) in [6.45, 7) is 8.72. The van der Waals surface area contributed by atoms with Crippen molar-refractivity contribution in [3.63, 3.8) is 0 Å². The van der Waals surface area contributed by atoms with Crippen LogP contribution in [0.5, 0.6) is 0 Å². The summed E-state index contributed by atoms with van der Waals surface area (Å²) < 4.78 is 10.5. The van der Waals surface area contributed by atoms with Crippen molar-refractivity contribution >= 4 is 11.9 Å². The quantitative estimate of drug-likeness (QED) is 0.0928. The molecule has 0 bridgehead atoms. The van der Waals surface area contributed by atoms with Crippen LogP contribution in [0.2, 0.25) is 0 Å². The van der Waals surface area contributed by atoms with Crippen molar-refractivity contribution in [2.75, 3.05) is 13.2 Å². The summed E-state index contributed by atoms with van der Waals surface area (Å²) in [6, 6.07) is 0. The van der Waals surface area contributed by atoms with Crippen LogP contribution in [-0.4, -0.2) is 36.4 Å². The molecule has 5 nitrogen and oxygen atoms in total. The fraction of sp³-hybridized carbons (Fsp3) is 0.935. The van der Waals surface area contributed by atoms with Crippen LogP contribution in [0.15, 0.2) is 0 Å². The lowest BCUT2D eigenvalue weighted by molar-refractivity contribution is -0.161. The molecule has 0 rings (SSSR count). The van der Waals surface area contributed by atoms with Gasteiger partial charge in [0.25, 0.3) is 0 Å². The summed E-state index contributed by atoms with van der Waals surface area (Å²) in [5.74, 6) is 1.02. The van der Waals surface area contributed by atoms with Crippen LogP contribution < -0.4 is 0 Å². The highest BCUT2D eigenvalue weighted by molar-refractivity contribution is 5.70. The van der Waals surface area contributed by atoms with Crippen LogP contribution in [0.3, 0.4) is 0 Å². The van der Waals surface area contributed by atoms with Crippen molar-refractivity contribution in [3.05, 3.63) is 0 Å². The summed E-state index contributed by atoms with van der Waals surface area (Å²) in [4.78, 5) is 24.0. The Labute approximate surface area is 223 Å². The Morgan fingerprint density at radius 2 is 0.917 bits per heavy atom. The number of aliphatic hydroxyl groups is 1. The molecule has 0 unspecified atom stereocenters. The van der Waals surface area contributed by atoms with Crippen molar-refractivity contribution in [1.82, 2.24) is 0 Å². The molecule has 0 aromatic rings. The Hall–Kier alpha value is -1.10. The monoisotopic (exact) mass is 512 g/mol. The summed E-state index contributed by atoms with van der Waals surface area (Å²) in [5.41, 5.74) is 0. The number of carbonyl (C=O) groups is 2. The average molecular weight is 513 g/mol. The molecule has 214 valence electrons. The Morgan fingerprint density at radius 1 is 0.556 bits per heavy atom. The second kappa shape index (κ2) is 25.5. The molecule has 0 fully saturated rings. The third-order valence-corrected chi connectivity index (χ3v) is 6.76. The summed E-state index contributed by atoms with van der Waals surface area (Å²) in [6.07, 6.45) is 21.7. The van der Waals surface area contributed by atoms with E-state index in [1.807, 2.05) is 0 Å². The predicted octanol–water partition coefficient (Wildman–Crippen LogP) is 8.55. The van der Waals surface area contributed by atoms with Gasteiger partial charge < -0.3 is 14.6 Å². The number of ether oxygens (including phenoxy) is 2. The van der Waals surface area contributed by atoms with Gasteiger partial charge >= 0.3 is 11.9 Å². The zero-order valence-corrected chi connectivity index (χ0v) is 24.4. The van der Waals surface area contributed by atoms with E-state index in [2.05, 4.69) is 27.7 Å². The highest BCUT2D eigenvalue weighted by atomic mass is 16.6. The second-order valence-corrected chi connectivity index (χ2v) is 11.5. The van der Waals surface area contributed by atoms with Gasteiger partial charge in [-0.15, -0.1) is 0 Å². The lowest BCUT2D eigenvalue weighted by atomic mass is 10.0. The van der Waals surface area contributed by atoms with Gasteiger partial charge in [-0.05, 0) is 24.7 Å². The molecule has 0 heterocycles. The van der Waals surface area contributed by atoms with Crippen LogP contribution in [0.25, 0.3) is 0 Å². The molecule has 36 heavy (non-hydrogen) atoms. The van der Waals surface area contributed by atoms with Gasteiger partial charge in [0.05, 0.1) is 6.61 Å². The first-order valence-electron chi connectivity index (χ1n) is 15.3. The van der Waals surface area contributed by atoms with E-state index in [1.165, 1.54) is 77.0 Å². The lowest BCUT2D eigenvalue weighted by Crippen LogP contribution is -2.28. The van der Waals surface area contributed by atoms with E-state index in [9.17, 15) is 14.7 Å². The Morgan fingerprint density at radius 3 is 1.31 bits per heavy atom. The number of unbranched alkanes of at least 4 members (excludes halogenated alkanes) is 14. The van der Waals surface area contributed by atoms with Crippen molar-refractivity contribution in [1.29, 1.82) is 0 Å². The first-order valence-corrected chi connectivity index (χ1v) is 15.3. The standard InChI is InChI=1S/C31H60O5/c1-27(2)21-17-13-9-6-5-7-11-15-19-23-30(33)35-26-29(25-32)36-31(34)24-20-16-12-8-10-14-18-22-28(3)4/h27-29,32H,5-26H2,1-4H3/t29-/m0/s1. The maximum absolute atomic E-state index is 12.0. The van der Waals surface area contributed by atoms with E-state index >= 15 is 0 Å². The topological polar surface area (TPSA) is 72.8 Å². The van der Waals surface area contributed by atoms with Gasteiger partial charge in [-0.3, -0.25) is 9.59 Å². The molecule has 0 aromatic heterocycles. The van der Waals surface area contributed by atoms with Gasteiger partial charge in [0, 0.05) is 12.8 Å². The van der Waals surface area contributed by atoms with Gasteiger partial charge in [-0.25, -0.2) is 0 Å². The van der Waals surface area contributed by atoms with E-state index < -0.39 is 6.10 Å². The van der Waals surface area contributed by atoms with E-state index in [4.69, 9.17) is 9.47 Å². The fourth-order valence-corrected chi connectivity index (χ4v) is 4.39. The highest BCUT2D eigenvalue weighted by Gasteiger charge is 2.16. The number of hydrogen-bond acceptors (Lipinski definition) is 5. The molecular formula is C31H60O5. The first kappa shape index (κ1) is 34.9. The minimum absolute atomic E-state index is 0.0613. The Bertz CT molecular complexity index is 503. The molecule has 0 aliphatic rings. The van der Waals surface area contributed by atoms with Crippen LogP contribution in [0.4, 0.5) is 0 Å². The highest BCUT2D eigenvalue weighted by Crippen LogP contribution is 2.15. The minimum Gasteiger partial charge on any atom is -0.462 e.